The van der Waals surface area contributed by atoms with E-state index in [9.17, 15) is 14.7 Å². The Morgan fingerprint density at radius 3 is 2.58 bits per heavy atom. The van der Waals surface area contributed by atoms with E-state index in [-0.39, 0.29) is 41.6 Å². The predicted octanol–water partition coefficient (Wildman–Crippen LogP) is 2.76. The largest absolute Gasteiger partial charge is 0.493 e. The average molecular weight is 427 g/mol. The van der Waals surface area contributed by atoms with Crippen LogP contribution < -0.4 is 16.0 Å². The first-order valence-electron chi connectivity index (χ1n) is 9.67. The van der Waals surface area contributed by atoms with Crippen molar-refractivity contribution in [1.82, 2.24) is 9.55 Å². The van der Waals surface area contributed by atoms with Crippen molar-refractivity contribution in [2.75, 3.05) is 26.2 Å². The highest BCUT2D eigenvalue weighted by atomic mass is 16.7. The minimum absolute atomic E-state index is 0.0117. The number of aromatic hydroxyl groups is 1. The van der Waals surface area contributed by atoms with Crippen LogP contribution in [0.1, 0.15) is 34.0 Å². The molecule has 0 radical (unpaired) electrons. The molecule has 9 nitrogen and oxygen atoms in total. The number of fused-ring (bicyclic) bond motifs is 1. The van der Waals surface area contributed by atoms with Crippen LogP contribution in [0.15, 0.2) is 23.0 Å². The van der Waals surface area contributed by atoms with Crippen molar-refractivity contribution in [2.45, 2.75) is 27.7 Å². The lowest BCUT2D eigenvalue weighted by molar-refractivity contribution is 0.0506. The van der Waals surface area contributed by atoms with Gasteiger partial charge in [-0.15, -0.1) is 0 Å². The van der Waals surface area contributed by atoms with Crippen LogP contribution >= 0.6 is 0 Å². The van der Waals surface area contributed by atoms with Gasteiger partial charge >= 0.3 is 5.97 Å². The second-order valence-corrected chi connectivity index (χ2v) is 7.05. The molecule has 3 N–H and O–H groups in total. The van der Waals surface area contributed by atoms with E-state index in [0.29, 0.717) is 22.6 Å². The zero-order valence-electron chi connectivity index (χ0n) is 18.1. The van der Waals surface area contributed by atoms with Crippen molar-refractivity contribution in [2.24, 2.45) is 0 Å². The van der Waals surface area contributed by atoms with E-state index in [2.05, 4.69) is 4.98 Å². The fourth-order valence-electron chi connectivity index (χ4n) is 3.49. The third-order valence-corrected chi connectivity index (χ3v) is 4.97. The Kier molecular flexibility index (Phi) is 6.16. The fourth-order valence-corrected chi connectivity index (χ4v) is 3.49. The Morgan fingerprint density at radius 2 is 1.94 bits per heavy atom. The number of rotatable bonds is 6. The molecule has 164 valence electrons. The predicted molar refractivity (Wildman–Crippen MR) is 116 cm³/mol. The number of ether oxygens (including phenoxy) is 3. The molecule has 0 bridgehead atoms. The second kappa shape index (κ2) is 8.65. The van der Waals surface area contributed by atoms with Gasteiger partial charge in [-0.2, -0.15) is 0 Å². The number of pyridine rings is 2. The average Bonchev–Trinajstić information content (AvgIpc) is 2.72. The van der Waals surface area contributed by atoms with Crippen LogP contribution in [0.4, 0.5) is 5.82 Å². The van der Waals surface area contributed by atoms with Gasteiger partial charge in [0.25, 0.3) is 5.56 Å². The molecule has 0 fully saturated rings. The summed E-state index contributed by atoms with van der Waals surface area (Å²) in [6.07, 6.45) is 0. The van der Waals surface area contributed by atoms with Crippen molar-refractivity contribution in [3.05, 3.63) is 50.8 Å². The lowest BCUT2D eigenvalue weighted by atomic mass is 10.0. The third kappa shape index (κ3) is 3.79. The Hall–Kier alpha value is -3.59. The topological polar surface area (TPSA) is 126 Å². The number of carbonyl (C=O) groups is 1. The molecule has 0 spiro atoms. The van der Waals surface area contributed by atoms with Gasteiger partial charge in [-0.05, 0) is 45.4 Å². The summed E-state index contributed by atoms with van der Waals surface area (Å²) in [6, 6.07) is 5.04. The Morgan fingerprint density at radius 1 is 1.23 bits per heavy atom. The highest BCUT2D eigenvalue weighted by Gasteiger charge is 2.26. The van der Waals surface area contributed by atoms with Crippen molar-refractivity contribution < 1.29 is 24.1 Å². The monoisotopic (exact) mass is 427 g/mol. The molecule has 0 aliphatic rings. The van der Waals surface area contributed by atoms with E-state index in [1.165, 1.54) is 17.7 Å². The molecule has 3 rings (SSSR count). The Bertz CT molecular complexity index is 1230. The molecule has 1 aromatic carbocycles. The van der Waals surface area contributed by atoms with Crippen LogP contribution in [0.5, 0.6) is 11.6 Å². The zero-order valence-corrected chi connectivity index (χ0v) is 18.1. The van der Waals surface area contributed by atoms with Crippen molar-refractivity contribution in [3.63, 3.8) is 0 Å². The Labute approximate surface area is 179 Å². The summed E-state index contributed by atoms with van der Waals surface area (Å²) < 4.78 is 17.0. The molecule has 9 heteroatoms. The highest BCUT2D eigenvalue weighted by molar-refractivity contribution is 6.07. The summed E-state index contributed by atoms with van der Waals surface area (Å²) in [5, 5.41) is 10.2. The van der Waals surface area contributed by atoms with Crippen molar-refractivity contribution in [3.8, 4) is 17.3 Å². The quantitative estimate of drug-likeness (QED) is 0.454. The molecular weight excluding hydrogens is 402 g/mol. The van der Waals surface area contributed by atoms with Crippen molar-refractivity contribution >= 4 is 22.7 Å². The molecule has 31 heavy (non-hydrogen) atoms. The number of carbonyl (C=O) groups excluding carboxylic acids is 1. The number of hydrogen-bond acceptors (Lipinski definition) is 8. The van der Waals surface area contributed by atoms with Crippen LogP contribution in [-0.4, -0.2) is 41.1 Å². The van der Waals surface area contributed by atoms with Gasteiger partial charge in [0.2, 0.25) is 5.88 Å². The normalized spacial score (nSPS) is 11.0. The van der Waals surface area contributed by atoms with Gasteiger partial charge < -0.3 is 25.1 Å². The van der Waals surface area contributed by atoms with Gasteiger partial charge in [-0.1, -0.05) is 6.07 Å². The highest BCUT2D eigenvalue weighted by Crippen LogP contribution is 2.32. The number of nitrogens with zero attached hydrogens (tertiary/aromatic N) is 2. The number of nitrogens with two attached hydrogens (primary N) is 1. The van der Waals surface area contributed by atoms with Gasteiger partial charge in [0.1, 0.15) is 17.1 Å². The number of methoxy groups -OCH3 is 1. The molecule has 2 aromatic heterocycles. The molecule has 2 heterocycles. The maximum Gasteiger partial charge on any atom is 0.344 e. The van der Waals surface area contributed by atoms with Crippen LogP contribution in [0, 0.1) is 20.8 Å². The fraction of sp³-hybridized carbons (Fsp3) is 0.318. The van der Waals surface area contributed by atoms with Crippen molar-refractivity contribution in [1.29, 1.82) is 0 Å². The first-order chi connectivity index (χ1) is 14.7. The number of nitrogen functional groups attached to an aromatic ring is 1. The second-order valence-electron chi connectivity index (χ2n) is 7.05. The summed E-state index contributed by atoms with van der Waals surface area (Å²) in [4.78, 5) is 30.3. The summed E-state index contributed by atoms with van der Waals surface area (Å²) in [5.41, 5.74) is 8.04. The third-order valence-electron chi connectivity index (χ3n) is 4.97. The summed E-state index contributed by atoms with van der Waals surface area (Å²) >= 11 is 0. The van der Waals surface area contributed by atoms with E-state index in [0.717, 1.165) is 5.56 Å². The van der Waals surface area contributed by atoms with E-state index in [1.54, 1.807) is 32.9 Å². The van der Waals surface area contributed by atoms with Gasteiger partial charge in [0, 0.05) is 18.2 Å². The van der Waals surface area contributed by atoms with Gasteiger partial charge in [-0.25, -0.2) is 9.78 Å². The van der Waals surface area contributed by atoms with Gasteiger partial charge in [0.15, 0.2) is 6.79 Å². The Balaban J connectivity index is 2.46. The number of benzene rings is 1. The molecule has 0 saturated carbocycles. The van der Waals surface area contributed by atoms with Crippen LogP contribution in [0.25, 0.3) is 16.6 Å². The van der Waals surface area contributed by atoms with Crippen LogP contribution in [0.2, 0.25) is 0 Å². The van der Waals surface area contributed by atoms with E-state index in [4.69, 9.17) is 19.9 Å². The molecule has 0 saturated heterocycles. The first-order valence-corrected chi connectivity index (χ1v) is 9.67. The molecule has 0 amide bonds. The number of anilines is 1. The van der Waals surface area contributed by atoms with E-state index >= 15 is 0 Å². The number of aryl methyl sites for hydroxylation is 2. The maximum atomic E-state index is 13.5. The minimum Gasteiger partial charge on any atom is -0.493 e. The maximum absolute atomic E-state index is 13.5. The number of esters is 1. The molecule has 0 aliphatic carbocycles. The minimum atomic E-state index is -0.739. The van der Waals surface area contributed by atoms with Crippen LogP contribution in [-0.2, 0) is 9.47 Å². The van der Waals surface area contributed by atoms with Gasteiger partial charge in [-0.3, -0.25) is 9.36 Å². The lowest BCUT2D eigenvalue weighted by Gasteiger charge is -2.20. The molecule has 0 unspecified atom stereocenters. The summed E-state index contributed by atoms with van der Waals surface area (Å²) in [6.45, 7) is 7.02. The number of aromatic nitrogens is 2. The van der Waals surface area contributed by atoms with E-state index < -0.39 is 11.5 Å². The smallest absolute Gasteiger partial charge is 0.344 e. The standard InChI is InChI=1S/C22H25N3O6/c1-6-30-22(28)16-17-14(9-12(3)20(26)24-17)21(27)25(19(16)23)18-11(2)7-8-15(13(18)4)31-10-29-5/h7-9H,6,10,23H2,1-5H3,(H,24,26). The molecule has 3 aromatic rings. The molecule has 0 aliphatic heterocycles. The van der Waals surface area contributed by atoms with Crippen LogP contribution in [0.3, 0.4) is 0 Å². The number of hydrogen-bond donors (Lipinski definition) is 2. The first kappa shape index (κ1) is 22.1. The van der Waals surface area contributed by atoms with E-state index in [1.807, 2.05) is 6.92 Å². The van der Waals surface area contributed by atoms with Gasteiger partial charge in [0.05, 0.1) is 23.2 Å². The zero-order chi connectivity index (χ0) is 22.9. The summed E-state index contributed by atoms with van der Waals surface area (Å²) in [7, 11) is 1.51. The molecule has 0 atom stereocenters. The SMILES string of the molecule is CCOC(=O)c1c(N)n(-c2c(C)ccc(OCOC)c2C)c(=O)c2cc(C)c(O)nc12. The molecular formula is C22H25N3O6. The summed E-state index contributed by atoms with van der Waals surface area (Å²) in [5.74, 6) is -0.665. The lowest BCUT2D eigenvalue weighted by Crippen LogP contribution is -2.27.